The van der Waals surface area contributed by atoms with Gasteiger partial charge in [-0.05, 0) is 24.6 Å². The molecule has 0 radical (unpaired) electrons. The summed E-state index contributed by atoms with van der Waals surface area (Å²) in [5.41, 5.74) is 1.56. The maximum absolute atomic E-state index is 12.3. The topological polar surface area (TPSA) is 81.9 Å². The highest BCUT2D eigenvalue weighted by Crippen LogP contribution is 2.39. The number of hydrogen-bond acceptors (Lipinski definition) is 6. The molecule has 0 saturated carbocycles. The number of para-hydroxylation sites is 1. The van der Waals surface area contributed by atoms with E-state index in [1.807, 2.05) is 30.3 Å². The number of nitro groups is 1. The van der Waals surface area contributed by atoms with E-state index in [1.54, 1.807) is 24.1 Å². The third-order valence-electron chi connectivity index (χ3n) is 4.07. The van der Waals surface area contributed by atoms with Crippen LogP contribution in [0.25, 0.3) is 0 Å². The fourth-order valence-corrected chi connectivity index (χ4v) is 2.91. The molecule has 7 nitrogen and oxygen atoms in total. The Kier molecular flexibility index (Phi) is 4.95. The highest BCUT2D eigenvalue weighted by atomic mass is 16.7. The van der Waals surface area contributed by atoms with Crippen molar-refractivity contribution in [2.45, 2.75) is 13.0 Å². The van der Waals surface area contributed by atoms with Crippen molar-refractivity contribution in [3.8, 4) is 0 Å². The number of nitrogens with zero attached hydrogens (tertiary/aromatic N) is 2. The molecule has 0 bridgehead atoms. The molecule has 130 valence electrons. The third kappa shape index (κ3) is 3.46. The molecule has 2 atom stereocenters. The van der Waals surface area contributed by atoms with Crippen LogP contribution in [0.5, 0.6) is 0 Å². The smallest absolute Gasteiger partial charge is 0.313 e. The molecule has 0 aliphatic carbocycles. The van der Waals surface area contributed by atoms with Gasteiger partial charge in [-0.3, -0.25) is 19.7 Å². The lowest BCUT2D eigenvalue weighted by Crippen LogP contribution is -2.29. The van der Waals surface area contributed by atoms with Gasteiger partial charge in [0.15, 0.2) is 0 Å². The standard InChI is InChI=1S/C18H18N2O5/c1-2-24-18(21)16-12-25-19(14-6-4-3-5-7-14)17(16)13-8-10-15(11-9-13)20(22)23/h3-11,16-17H,2,12H2,1H3. The maximum atomic E-state index is 12.3. The summed E-state index contributed by atoms with van der Waals surface area (Å²) in [6.45, 7) is 2.23. The molecule has 0 N–H and O–H groups in total. The van der Waals surface area contributed by atoms with E-state index in [2.05, 4.69) is 0 Å². The van der Waals surface area contributed by atoms with Crippen molar-refractivity contribution in [2.75, 3.05) is 18.3 Å². The molecule has 2 aromatic carbocycles. The monoisotopic (exact) mass is 342 g/mol. The first-order valence-electron chi connectivity index (χ1n) is 8.00. The molecule has 0 amide bonds. The number of anilines is 1. The van der Waals surface area contributed by atoms with Crippen LogP contribution in [0.1, 0.15) is 18.5 Å². The second kappa shape index (κ2) is 7.31. The Morgan fingerprint density at radius 1 is 1.24 bits per heavy atom. The highest BCUT2D eigenvalue weighted by molar-refractivity contribution is 5.75. The lowest BCUT2D eigenvalue weighted by Gasteiger charge is -2.27. The van der Waals surface area contributed by atoms with Gasteiger partial charge < -0.3 is 4.74 Å². The van der Waals surface area contributed by atoms with Crippen LogP contribution in [0.3, 0.4) is 0 Å². The number of ether oxygens (including phenoxy) is 1. The molecular formula is C18H18N2O5. The number of esters is 1. The molecule has 7 heteroatoms. The van der Waals surface area contributed by atoms with Gasteiger partial charge >= 0.3 is 5.97 Å². The van der Waals surface area contributed by atoms with Crippen LogP contribution in [-0.4, -0.2) is 24.1 Å². The normalized spacial score (nSPS) is 19.6. The fraction of sp³-hybridized carbons (Fsp3) is 0.278. The first kappa shape index (κ1) is 16.9. The predicted octanol–water partition coefficient (Wildman–Crippen LogP) is 3.27. The molecule has 2 aromatic rings. The van der Waals surface area contributed by atoms with Crippen LogP contribution in [0.15, 0.2) is 54.6 Å². The zero-order valence-electron chi connectivity index (χ0n) is 13.7. The quantitative estimate of drug-likeness (QED) is 0.471. The van der Waals surface area contributed by atoms with E-state index >= 15 is 0 Å². The molecule has 2 unspecified atom stereocenters. The minimum absolute atomic E-state index is 0.00149. The summed E-state index contributed by atoms with van der Waals surface area (Å²) < 4.78 is 5.17. The number of carbonyl (C=O) groups excluding carboxylic acids is 1. The van der Waals surface area contributed by atoms with Gasteiger partial charge in [-0.2, -0.15) is 0 Å². The number of nitro benzene ring substituents is 1. The molecule has 1 fully saturated rings. The minimum Gasteiger partial charge on any atom is -0.466 e. The average molecular weight is 342 g/mol. The first-order chi connectivity index (χ1) is 12.1. The van der Waals surface area contributed by atoms with Gasteiger partial charge in [0, 0.05) is 12.1 Å². The van der Waals surface area contributed by atoms with Crippen LogP contribution in [-0.2, 0) is 14.4 Å². The van der Waals surface area contributed by atoms with Crippen LogP contribution in [0, 0.1) is 16.0 Å². The van der Waals surface area contributed by atoms with Gasteiger partial charge in [0.05, 0.1) is 29.9 Å². The third-order valence-corrected chi connectivity index (χ3v) is 4.07. The van der Waals surface area contributed by atoms with Gasteiger partial charge in [-0.1, -0.05) is 30.3 Å². The van der Waals surface area contributed by atoms with E-state index < -0.39 is 16.9 Å². The van der Waals surface area contributed by atoms with Crippen LogP contribution >= 0.6 is 0 Å². The maximum Gasteiger partial charge on any atom is 0.313 e. The number of hydrogen-bond donors (Lipinski definition) is 0. The Morgan fingerprint density at radius 3 is 2.52 bits per heavy atom. The van der Waals surface area contributed by atoms with E-state index in [4.69, 9.17) is 9.57 Å². The van der Waals surface area contributed by atoms with Crippen molar-refractivity contribution in [1.82, 2.24) is 0 Å². The average Bonchev–Trinajstić information content (AvgIpc) is 3.08. The minimum atomic E-state index is -0.512. The van der Waals surface area contributed by atoms with E-state index in [0.717, 1.165) is 11.3 Å². The van der Waals surface area contributed by atoms with E-state index in [9.17, 15) is 14.9 Å². The van der Waals surface area contributed by atoms with Crippen molar-refractivity contribution in [3.63, 3.8) is 0 Å². The molecular weight excluding hydrogens is 324 g/mol. The van der Waals surface area contributed by atoms with Gasteiger partial charge in [0.25, 0.3) is 5.69 Å². The number of non-ortho nitro benzene ring substituents is 1. The lowest BCUT2D eigenvalue weighted by atomic mass is 9.93. The fourth-order valence-electron chi connectivity index (χ4n) is 2.91. The van der Waals surface area contributed by atoms with Crippen molar-refractivity contribution >= 4 is 17.3 Å². The zero-order valence-corrected chi connectivity index (χ0v) is 13.7. The molecule has 1 aliphatic rings. The first-order valence-corrected chi connectivity index (χ1v) is 8.00. The predicted molar refractivity (Wildman–Crippen MR) is 90.8 cm³/mol. The van der Waals surface area contributed by atoms with Gasteiger partial charge in [-0.25, -0.2) is 5.06 Å². The zero-order chi connectivity index (χ0) is 17.8. The second-order valence-corrected chi connectivity index (χ2v) is 5.61. The largest absolute Gasteiger partial charge is 0.466 e. The summed E-state index contributed by atoms with van der Waals surface area (Å²) in [4.78, 5) is 28.5. The Labute approximate surface area is 144 Å². The van der Waals surface area contributed by atoms with Crippen LogP contribution in [0.2, 0.25) is 0 Å². The highest BCUT2D eigenvalue weighted by Gasteiger charge is 2.42. The number of rotatable bonds is 5. The SMILES string of the molecule is CCOC(=O)C1CON(c2ccccc2)C1c1ccc([N+](=O)[O-])cc1. The molecule has 1 heterocycles. The van der Waals surface area contributed by atoms with Crippen molar-refractivity contribution in [2.24, 2.45) is 5.92 Å². The molecule has 25 heavy (non-hydrogen) atoms. The lowest BCUT2D eigenvalue weighted by molar-refractivity contribution is -0.384. The summed E-state index contributed by atoms with van der Waals surface area (Å²) in [5, 5.41) is 12.5. The van der Waals surface area contributed by atoms with Crippen molar-refractivity contribution in [1.29, 1.82) is 0 Å². The summed E-state index contributed by atoms with van der Waals surface area (Å²) in [7, 11) is 0. The number of benzene rings is 2. The Bertz CT molecular complexity index is 748. The number of carbonyl (C=O) groups is 1. The molecule has 1 aliphatic heterocycles. The Hall–Kier alpha value is -2.93. The summed E-state index contributed by atoms with van der Waals surface area (Å²) in [6, 6.07) is 15.2. The summed E-state index contributed by atoms with van der Waals surface area (Å²) in [5.74, 6) is -0.856. The molecule has 1 saturated heterocycles. The van der Waals surface area contributed by atoms with Gasteiger partial charge in [0.1, 0.15) is 5.92 Å². The summed E-state index contributed by atoms with van der Waals surface area (Å²) >= 11 is 0. The van der Waals surface area contributed by atoms with Gasteiger partial charge in [-0.15, -0.1) is 0 Å². The Balaban J connectivity index is 1.97. The summed E-state index contributed by atoms with van der Waals surface area (Å²) in [6.07, 6.45) is 0. The Morgan fingerprint density at radius 2 is 1.92 bits per heavy atom. The van der Waals surface area contributed by atoms with Crippen LogP contribution < -0.4 is 5.06 Å². The molecule has 3 rings (SSSR count). The van der Waals surface area contributed by atoms with Crippen LogP contribution in [0.4, 0.5) is 11.4 Å². The molecule has 0 spiro atoms. The van der Waals surface area contributed by atoms with E-state index in [1.165, 1.54) is 12.1 Å². The number of hydroxylamine groups is 1. The van der Waals surface area contributed by atoms with Crippen molar-refractivity contribution < 1.29 is 19.3 Å². The molecule has 0 aromatic heterocycles. The van der Waals surface area contributed by atoms with Crippen molar-refractivity contribution in [3.05, 3.63) is 70.3 Å². The van der Waals surface area contributed by atoms with Gasteiger partial charge in [0.2, 0.25) is 0 Å². The van der Waals surface area contributed by atoms with E-state index in [0.29, 0.717) is 0 Å². The van der Waals surface area contributed by atoms with E-state index in [-0.39, 0.29) is 24.9 Å². The second-order valence-electron chi connectivity index (χ2n) is 5.61.